The molecule has 1 fully saturated rings. The number of methoxy groups -OCH3 is 1. The summed E-state index contributed by atoms with van der Waals surface area (Å²) in [5, 5.41) is 5.03. The van der Waals surface area contributed by atoms with Gasteiger partial charge in [0.1, 0.15) is 11.8 Å². The second-order valence-electron chi connectivity index (χ2n) is 6.27. The van der Waals surface area contributed by atoms with Gasteiger partial charge in [0.05, 0.1) is 18.4 Å². The van der Waals surface area contributed by atoms with Crippen LogP contribution in [0, 0.1) is 5.82 Å². The van der Waals surface area contributed by atoms with Gasteiger partial charge in [-0.05, 0) is 6.07 Å². The van der Waals surface area contributed by atoms with Crippen molar-refractivity contribution in [1.82, 2.24) is 15.2 Å². The zero-order chi connectivity index (χ0) is 22.1. The van der Waals surface area contributed by atoms with Crippen LogP contribution in [-0.4, -0.2) is 48.6 Å². The van der Waals surface area contributed by atoms with E-state index in [0.717, 1.165) is 24.3 Å². The van der Waals surface area contributed by atoms with Crippen molar-refractivity contribution in [3.8, 4) is 17.4 Å². The fraction of sp³-hybridized carbons (Fsp3) is 0.278. The van der Waals surface area contributed by atoms with E-state index in [1.807, 2.05) is 0 Å². The molecule has 1 atom stereocenters. The van der Waals surface area contributed by atoms with Crippen molar-refractivity contribution in [2.24, 2.45) is 0 Å². The van der Waals surface area contributed by atoms with E-state index in [0.29, 0.717) is 6.20 Å². The van der Waals surface area contributed by atoms with Crippen LogP contribution in [0.3, 0.4) is 0 Å². The van der Waals surface area contributed by atoms with Crippen molar-refractivity contribution in [2.75, 3.05) is 26.0 Å². The molecule has 1 aliphatic heterocycles. The maximum absolute atomic E-state index is 14.3. The molecular weight excluding hydrogens is 412 g/mol. The summed E-state index contributed by atoms with van der Waals surface area (Å²) >= 11 is 0. The van der Waals surface area contributed by atoms with Gasteiger partial charge in [-0.2, -0.15) is 13.2 Å². The highest BCUT2D eigenvalue weighted by molar-refractivity contribution is 5.99. The van der Waals surface area contributed by atoms with Crippen LogP contribution in [-0.2, 0) is 11.0 Å². The Morgan fingerprint density at radius 3 is 2.57 bits per heavy atom. The van der Waals surface area contributed by atoms with Gasteiger partial charge >= 0.3 is 12.2 Å². The van der Waals surface area contributed by atoms with Crippen molar-refractivity contribution in [1.29, 1.82) is 0 Å². The number of ether oxygens (including phenoxy) is 2. The Kier molecular flexibility index (Phi) is 5.67. The first kappa shape index (κ1) is 21.1. The van der Waals surface area contributed by atoms with Gasteiger partial charge in [-0.3, -0.25) is 4.79 Å². The van der Waals surface area contributed by atoms with Gasteiger partial charge in [0.2, 0.25) is 11.8 Å². The number of anilines is 1. The lowest BCUT2D eigenvalue weighted by atomic mass is 10.2. The zero-order valence-electron chi connectivity index (χ0n) is 15.7. The number of rotatable bonds is 5. The van der Waals surface area contributed by atoms with Crippen molar-refractivity contribution >= 4 is 17.6 Å². The molecule has 12 heteroatoms. The zero-order valence-corrected chi connectivity index (χ0v) is 15.7. The molecule has 3 amide bonds. The molecule has 0 bridgehead atoms. The van der Waals surface area contributed by atoms with Crippen LogP contribution in [0.1, 0.15) is 5.56 Å². The number of nitrogens with one attached hydrogen (secondary N) is 2. The van der Waals surface area contributed by atoms with Crippen molar-refractivity contribution in [3.05, 3.63) is 41.8 Å². The summed E-state index contributed by atoms with van der Waals surface area (Å²) in [5.41, 5.74) is -0.944. The number of halogens is 4. The van der Waals surface area contributed by atoms with Crippen LogP contribution in [0.25, 0.3) is 0 Å². The Labute approximate surface area is 167 Å². The molecule has 0 spiro atoms. The average molecular weight is 428 g/mol. The number of hydrogen-bond donors (Lipinski definition) is 2. The van der Waals surface area contributed by atoms with Gasteiger partial charge in [0.25, 0.3) is 0 Å². The molecule has 2 heterocycles. The molecule has 0 aliphatic carbocycles. The highest BCUT2D eigenvalue weighted by Gasteiger charge is 2.34. The average Bonchev–Trinajstić information content (AvgIpc) is 3.02. The number of pyridine rings is 1. The van der Waals surface area contributed by atoms with Gasteiger partial charge < -0.3 is 25.0 Å². The van der Waals surface area contributed by atoms with E-state index in [4.69, 9.17) is 9.47 Å². The summed E-state index contributed by atoms with van der Waals surface area (Å²) < 4.78 is 62.5. The quantitative estimate of drug-likeness (QED) is 0.715. The lowest BCUT2D eigenvalue weighted by molar-refractivity contribution is -0.137. The molecule has 30 heavy (non-hydrogen) atoms. The molecule has 1 aromatic heterocycles. The predicted octanol–water partition coefficient (Wildman–Crippen LogP) is 3.00. The second kappa shape index (κ2) is 8.05. The maximum Gasteiger partial charge on any atom is 0.417 e. The minimum absolute atomic E-state index is 0.0199. The summed E-state index contributed by atoms with van der Waals surface area (Å²) in [6, 6.07) is 2.51. The third-order valence-electron chi connectivity index (χ3n) is 4.33. The Morgan fingerprint density at radius 2 is 2.03 bits per heavy atom. The van der Waals surface area contributed by atoms with E-state index in [-0.39, 0.29) is 23.9 Å². The second-order valence-corrected chi connectivity index (χ2v) is 6.27. The number of benzene rings is 1. The third-order valence-corrected chi connectivity index (χ3v) is 4.33. The van der Waals surface area contributed by atoms with Crippen LogP contribution in [0.4, 0.5) is 28.0 Å². The lowest BCUT2D eigenvalue weighted by Gasteiger charge is -2.19. The van der Waals surface area contributed by atoms with Crippen LogP contribution in [0.2, 0.25) is 0 Å². The summed E-state index contributed by atoms with van der Waals surface area (Å²) in [5.74, 6) is -2.14. The van der Waals surface area contributed by atoms with Gasteiger partial charge in [-0.15, -0.1) is 0 Å². The van der Waals surface area contributed by atoms with Crippen molar-refractivity contribution in [2.45, 2.75) is 12.2 Å². The van der Waals surface area contributed by atoms with Crippen molar-refractivity contribution in [3.63, 3.8) is 0 Å². The summed E-state index contributed by atoms with van der Waals surface area (Å²) in [7, 11) is 2.70. The predicted molar refractivity (Wildman–Crippen MR) is 95.8 cm³/mol. The maximum atomic E-state index is 14.3. The normalized spacial score (nSPS) is 16.3. The first-order valence-corrected chi connectivity index (χ1v) is 8.50. The van der Waals surface area contributed by atoms with E-state index in [1.54, 1.807) is 0 Å². The van der Waals surface area contributed by atoms with Crippen LogP contribution in [0.15, 0.2) is 30.5 Å². The molecular formula is C18H16F4N4O4. The number of aromatic nitrogens is 1. The Bertz CT molecular complexity index is 966. The number of amides is 3. The Balaban J connectivity index is 1.82. The number of likely N-dealkylation sites (N-methyl/N-ethyl adjacent to an activating group) is 1. The van der Waals surface area contributed by atoms with Crippen LogP contribution < -0.4 is 20.1 Å². The lowest BCUT2D eigenvalue weighted by Crippen LogP contribution is -2.40. The Hall–Kier alpha value is -3.57. The standard InChI is InChI=1S/C18H16F4N4O4/c1-26-12(8-24-17(26)28)16(27)25-11-6-13(10(19)5-14(11)29-2)30-15-4-3-9(7-23-15)18(20,21)22/h3-7,12H,8H2,1-2H3,(H,24,28)(H,25,27). The van der Waals surface area contributed by atoms with E-state index in [2.05, 4.69) is 15.6 Å². The van der Waals surface area contributed by atoms with Crippen LogP contribution in [0.5, 0.6) is 17.4 Å². The fourth-order valence-corrected chi connectivity index (χ4v) is 2.67. The van der Waals surface area contributed by atoms with Gasteiger partial charge in [-0.1, -0.05) is 0 Å². The number of alkyl halides is 3. The van der Waals surface area contributed by atoms with E-state index in [1.165, 1.54) is 19.1 Å². The largest absolute Gasteiger partial charge is 0.494 e. The molecule has 160 valence electrons. The van der Waals surface area contributed by atoms with Crippen molar-refractivity contribution < 1.29 is 36.6 Å². The monoisotopic (exact) mass is 428 g/mol. The molecule has 0 radical (unpaired) electrons. The molecule has 3 rings (SSSR count). The van der Waals surface area contributed by atoms with Crippen LogP contribution >= 0.6 is 0 Å². The number of carbonyl (C=O) groups is 2. The molecule has 2 N–H and O–H groups in total. The fourth-order valence-electron chi connectivity index (χ4n) is 2.67. The Morgan fingerprint density at radius 1 is 1.30 bits per heavy atom. The SMILES string of the molecule is COc1cc(F)c(Oc2ccc(C(F)(F)F)cn2)cc1NC(=O)C1CNC(=O)N1C. The summed E-state index contributed by atoms with van der Waals surface area (Å²) in [6.07, 6.45) is -4.02. The first-order chi connectivity index (χ1) is 14.1. The van der Waals surface area contributed by atoms with Gasteiger partial charge in [0.15, 0.2) is 11.6 Å². The molecule has 0 saturated carbocycles. The number of hydrogen-bond acceptors (Lipinski definition) is 5. The first-order valence-electron chi connectivity index (χ1n) is 8.50. The third kappa shape index (κ3) is 4.36. The molecule has 1 saturated heterocycles. The molecule has 1 aliphatic rings. The smallest absolute Gasteiger partial charge is 0.417 e. The summed E-state index contributed by atoms with van der Waals surface area (Å²) in [4.78, 5) is 28.7. The van der Waals surface area contributed by atoms with E-state index >= 15 is 0 Å². The van der Waals surface area contributed by atoms with E-state index in [9.17, 15) is 27.2 Å². The topological polar surface area (TPSA) is 92.8 Å². The highest BCUT2D eigenvalue weighted by atomic mass is 19.4. The molecule has 1 aromatic carbocycles. The molecule has 2 aromatic rings. The minimum atomic E-state index is -4.57. The summed E-state index contributed by atoms with van der Waals surface area (Å²) in [6.45, 7) is 0.0868. The molecule has 8 nitrogen and oxygen atoms in total. The number of urea groups is 1. The van der Waals surface area contributed by atoms with Gasteiger partial charge in [0, 0.05) is 38.0 Å². The molecule has 1 unspecified atom stereocenters. The minimum Gasteiger partial charge on any atom is -0.494 e. The number of carbonyl (C=O) groups excluding carboxylic acids is 2. The van der Waals surface area contributed by atoms with E-state index < -0.39 is 41.3 Å². The highest BCUT2D eigenvalue weighted by Crippen LogP contribution is 2.35. The van der Waals surface area contributed by atoms with Gasteiger partial charge in [-0.25, -0.2) is 14.2 Å². The number of nitrogens with zero attached hydrogens (tertiary/aromatic N) is 2.